The highest BCUT2D eigenvalue weighted by Gasteiger charge is 2.23. The zero-order chi connectivity index (χ0) is 22.3. The van der Waals surface area contributed by atoms with Gasteiger partial charge < -0.3 is 19.2 Å². The van der Waals surface area contributed by atoms with Crippen LogP contribution >= 0.6 is 24.0 Å². The van der Waals surface area contributed by atoms with Crippen molar-refractivity contribution in [3.63, 3.8) is 0 Å². The van der Waals surface area contributed by atoms with Crippen LogP contribution in [0.4, 0.5) is 0 Å². The molecular formula is C23H38IN7O2. The SMILES string of the molecule is CCNC(=NCC1CCN(Cc2nc(C)c(C)o2)CC1)N1CCN(Cc2ccon2)CC1.I. The van der Waals surface area contributed by atoms with E-state index in [1.54, 1.807) is 6.26 Å². The molecule has 0 atom stereocenters. The van der Waals surface area contributed by atoms with Gasteiger partial charge in [0.25, 0.3) is 0 Å². The largest absolute Gasteiger partial charge is 0.444 e. The Kier molecular flexibility index (Phi) is 9.99. The summed E-state index contributed by atoms with van der Waals surface area (Å²) in [4.78, 5) is 16.8. The Bertz CT molecular complexity index is 835. The van der Waals surface area contributed by atoms with Gasteiger partial charge in [-0.3, -0.25) is 14.8 Å². The van der Waals surface area contributed by atoms with Crippen LogP contribution in [0.5, 0.6) is 0 Å². The number of hydrogen-bond donors (Lipinski definition) is 1. The summed E-state index contributed by atoms with van der Waals surface area (Å²) in [6, 6.07) is 1.94. The van der Waals surface area contributed by atoms with Gasteiger partial charge in [-0.1, -0.05) is 5.16 Å². The average molecular weight is 572 g/mol. The number of likely N-dealkylation sites (tertiary alicyclic amines) is 1. The second-order valence-electron chi connectivity index (χ2n) is 8.92. The summed E-state index contributed by atoms with van der Waals surface area (Å²) >= 11 is 0. The van der Waals surface area contributed by atoms with E-state index in [4.69, 9.17) is 13.9 Å². The normalized spacial score (nSPS) is 19.0. The Morgan fingerprint density at radius 2 is 1.82 bits per heavy atom. The summed E-state index contributed by atoms with van der Waals surface area (Å²) < 4.78 is 10.7. The summed E-state index contributed by atoms with van der Waals surface area (Å²) in [6.45, 7) is 15.7. The smallest absolute Gasteiger partial charge is 0.208 e. The molecule has 0 aliphatic carbocycles. The van der Waals surface area contributed by atoms with Gasteiger partial charge in [-0.05, 0) is 52.6 Å². The third kappa shape index (κ3) is 7.41. The number of aromatic nitrogens is 2. The van der Waals surface area contributed by atoms with Crippen molar-refractivity contribution < 1.29 is 8.94 Å². The number of piperidine rings is 1. The molecule has 0 aromatic carbocycles. The summed E-state index contributed by atoms with van der Waals surface area (Å²) in [6.07, 6.45) is 3.99. The number of nitrogens with one attached hydrogen (secondary N) is 1. The lowest BCUT2D eigenvalue weighted by molar-refractivity contribution is 0.163. The van der Waals surface area contributed by atoms with Crippen LogP contribution in [-0.4, -0.2) is 83.2 Å². The third-order valence-corrected chi connectivity index (χ3v) is 6.52. The van der Waals surface area contributed by atoms with E-state index in [-0.39, 0.29) is 24.0 Å². The molecule has 0 bridgehead atoms. The first-order chi connectivity index (χ1) is 15.6. The number of aryl methyl sites for hydroxylation is 2. The summed E-state index contributed by atoms with van der Waals surface area (Å²) in [5.41, 5.74) is 2.00. The number of rotatable bonds is 7. The first-order valence-corrected chi connectivity index (χ1v) is 11.9. The van der Waals surface area contributed by atoms with Crippen molar-refractivity contribution in [2.45, 2.75) is 46.7 Å². The van der Waals surface area contributed by atoms with E-state index in [9.17, 15) is 0 Å². The van der Waals surface area contributed by atoms with Gasteiger partial charge in [0.05, 0.1) is 17.9 Å². The molecule has 184 valence electrons. The van der Waals surface area contributed by atoms with Gasteiger partial charge in [-0.2, -0.15) is 0 Å². The highest BCUT2D eigenvalue weighted by Crippen LogP contribution is 2.20. The van der Waals surface area contributed by atoms with Crippen molar-refractivity contribution >= 4 is 29.9 Å². The first kappa shape index (κ1) is 26.0. The summed E-state index contributed by atoms with van der Waals surface area (Å²) in [7, 11) is 0. The van der Waals surface area contributed by atoms with Crippen molar-refractivity contribution in [2.75, 3.05) is 52.4 Å². The number of halogens is 1. The van der Waals surface area contributed by atoms with Crippen molar-refractivity contribution in [3.05, 3.63) is 35.4 Å². The quantitative estimate of drug-likeness (QED) is 0.309. The molecule has 0 radical (unpaired) electrons. The maximum absolute atomic E-state index is 5.75. The van der Waals surface area contributed by atoms with Crippen LogP contribution in [0.2, 0.25) is 0 Å². The maximum atomic E-state index is 5.75. The molecule has 9 nitrogen and oxygen atoms in total. The predicted molar refractivity (Wildman–Crippen MR) is 139 cm³/mol. The Labute approximate surface area is 214 Å². The molecular weight excluding hydrogens is 533 g/mol. The van der Waals surface area contributed by atoms with E-state index in [1.807, 2.05) is 19.9 Å². The van der Waals surface area contributed by atoms with Crippen LogP contribution in [0.25, 0.3) is 0 Å². The van der Waals surface area contributed by atoms with Gasteiger partial charge in [0.15, 0.2) is 5.96 Å². The number of oxazole rings is 1. The Morgan fingerprint density at radius 3 is 2.42 bits per heavy atom. The van der Waals surface area contributed by atoms with Crippen LogP contribution in [0.1, 0.15) is 42.8 Å². The number of nitrogens with zero attached hydrogens (tertiary/aromatic N) is 6. The van der Waals surface area contributed by atoms with Crippen LogP contribution in [-0.2, 0) is 13.1 Å². The Hall–Kier alpha value is -1.66. The number of guanidine groups is 1. The Balaban J connectivity index is 0.00000306. The molecule has 2 aromatic heterocycles. The molecule has 2 saturated heterocycles. The number of hydrogen-bond acceptors (Lipinski definition) is 7. The van der Waals surface area contributed by atoms with Crippen molar-refractivity contribution in [1.82, 2.24) is 30.2 Å². The van der Waals surface area contributed by atoms with Crippen molar-refractivity contribution in [3.8, 4) is 0 Å². The molecule has 2 aromatic rings. The topological polar surface area (TPSA) is 86.2 Å². The first-order valence-electron chi connectivity index (χ1n) is 11.9. The van der Waals surface area contributed by atoms with Gasteiger partial charge in [0.1, 0.15) is 12.0 Å². The van der Waals surface area contributed by atoms with Crippen LogP contribution < -0.4 is 5.32 Å². The summed E-state index contributed by atoms with van der Waals surface area (Å²) in [5.74, 6) is 3.47. The molecule has 2 aliphatic rings. The molecule has 33 heavy (non-hydrogen) atoms. The van der Waals surface area contributed by atoms with Crippen molar-refractivity contribution in [1.29, 1.82) is 0 Å². The predicted octanol–water partition coefficient (Wildman–Crippen LogP) is 2.89. The Morgan fingerprint density at radius 1 is 1.09 bits per heavy atom. The van der Waals surface area contributed by atoms with Gasteiger partial charge >= 0.3 is 0 Å². The standard InChI is InChI=1S/C23H37N7O2.HI/c1-4-24-23(30-12-10-29(11-13-30)16-21-7-14-31-27-21)25-15-20-5-8-28(9-6-20)17-22-26-18(2)19(3)32-22;/h7,14,20H,4-6,8-13,15-17H2,1-3H3,(H,24,25);1H. The third-order valence-electron chi connectivity index (χ3n) is 6.52. The van der Waals surface area contributed by atoms with E-state index in [1.165, 1.54) is 12.8 Å². The summed E-state index contributed by atoms with van der Waals surface area (Å²) in [5, 5.41) is 7.53. The van der Waals surface area contributed by atoms with E-state index < -0.39 is 0 Å². The molecule has 1 N–H and O–H groups in total. The van der Waals surface area contributed by atoms with Crippen LogP contribution in [0.3, 0.4) is 0 Å². The fraction of sp³-hybridized carbons (Fsp3) is 0.696. The zero-order valence-corrected chi connectivity index (χ0v) is 22.5. The fourth-order valence-electron chi connectivity index (χ4n) is 4.43. The van der Waals surface area contributed by atoms with Crippen LogP contribution in [0.15, 0.2) is 26.3 Å². The number of aliphatic imine (C=N–C) groups is 1. The minimum Gasteiger partial charge on any atom is -0.444 e. The van der Waals surface area contributed by atoms with Gasteiger partial charge in [-0.15, -0.1) is 24.0 Å². The molecule has 0 saturated carbocycles. The highest BCUT2D eigenvalue weighted by atomic mass is 127. The second kappa shape index (κ2) is 12.7. The molecule has 2 aliphatic heterocycles. The van der Waals surface area contributed by atoms with Gasteiger partial charge in [0.2, 0.25) is 5.89 Å². The lowest BCUT2D eigenvalue weighted by atomic mass is 9.97. The molecule has 2 fully saturated rings. The van der Waals surface area contributed by atoms with E-state index in [2.05, 4.69) is 37.1 Å². The van der Waals surface area contributed by atoms with Crippen molar-refractivity contribution in [2.24, 2.45) is 10.9 Å². The van der Waals surface area contributed by atoms with E-state index in [0.717, 1.165) is 94.4 Å². The maximum Gasteiger partial charge on any atom is 0.208 e. The molecule has 4 heterocycles. The second-order valence-corrected chi connectivity index (χ2v) is 8.92. The molecule has 0 unspecified atom stereocenters. The monoisotopic (exact) mass is 571 g/mol. The fourth-order valence-corrected chi connectivity index (χ4v) is 4.43. The van der Waals surface area contributed by atoms with E-state index >= 15 is 0 Å². The minimum atomic E-state index is 0. The minimum absolute atomic E-state index is 0. The average Bonchev–Trinajstić information content (AvgIpc) is 3.42. The molecule has 10 heteroatoms. The lowest BCUT2D eigenvalue weighted by Gasteiger charge is -2.36. The highest BCUT2D eigenvalue weighted by molar-refractivity contribution is 14.0. The molecule has 4 rings (SSSR count). The van der Waals surface area contributed by atoms with Gasteiger partial charge in [0, 0.05) is 51.9 Å². The number of piperazine rings is 1. The van der Waals surface area contributed by atoms with E-state index in [0.29, 0.717) is 5.92 Å². The molecule has 0 amide bonds. The van der Waals surface area contributed by atoms with Gasteiger partial charge in [-0.25, -0.2) is 4.98 Å². The zero-order valence-electron chi connectivity index (χ0n) is 20.1. The van der Waals surface area contributed by atoms with Crippen LogP contribution in [0, 0.1) is 19.8 Å². The lowest BCUT2D eigenvalue weighted by Crippen LogP contribution is -2.52. The molecule has 0 spiro atoms.